The first kappa shape index (κ1) is 22.3. The molecule has 15 heteroatoms. The van der Waals surface area contributed by atoms with Crippen molar-refractivity contribution < 1.29 is 66.6 Å². The molecule has 0 saturated carbocycles. The van der Waals surface area contributed by atoms with E-state index in [1.165, 1.54) is 0 Å². The molecule has 130 valence electrons. The van der Waals surface area contributed by atoms with E-state index in [9.17, 15) is 61.5 Å². The van der Waals surface area contributed by atoms with Gasteiger partial charge in [-0.05, 0) is 0 Å². The van der Waals surface area contributed by atoms with Crippen molar-refractivity contribution >= 4 is 0 Å². The zero-order valence-electron chi connectivity index (χ0n) is 8.82. The number of hydrogen-bond acceptors (Lipinski definition) is 1. The third kappa shape index (κ3) is 5.35. The molecule has 0 radical (unpaired) electrons. The van der Waals surface area contributed by atoms with Crippen molar-refractivity contribution in [3.63, 3.8) is 0 Å². The lowest BCUT2D eigenvalue weighted by molar-refractivity contribution is -0.408. The lowest BCUT2D eigenvalue weighted by Crippen LogP contribution is -2.63. The summed E-state index contributed by atoms with van der Waals surface area (Å²) in [6.45, 7) is 0. The van der Waals surface area contributed by atoms with Crippen LogP contribution in [0, 0.1) is 0 Å². The van der Waals surface area contributed by atoms with Gasteiger partial charge in [-0.1, -0.05) is 0 Å². The predicted molar refractivity (Wildman–Crippen MR) is 35.2 cm³/mol. The Hall–Kier alpha value is -1.02. The first-order valence-electron chi connectivity index (χ1n) is 3.97. The van der Waals surface area contributed by atoms with Crippen LogP contribution >= 0.6 is 0 Å². The molecule has 1 N–H and O–H groups in total. The number of halogens is 14. The van der Waals surface area contributed by atoms with Crippen LogP contribution in [0.15, 0.2) is 0 Å². The summed E-state index contributed by atoms with van der Waals surface area (Å²) < 4.78 is 158. The van der Waals surface area contributed by atoms with Crippen molar-refractivity contribution in [3.05, 3.63) is 0 Å². The van der Waals surface area contributed by atoms with Gasteiger partial charge >= 0.3 is 36.7 Å². The molecule has 0 rings (SSSR count). The lowest BCUT2D eigenvalue weighted by Gasteiger charge is -2.32. The fourth-order valence-corrected chi connectivity index (χ4v) is 0.524. The van der Waals surface area contributed by atoms with Gasteiger partial charge < -0.3 is 5.11 Å². The highest BCUT2D eigenvalue weighted by molar-refractivity contribution is 5.01. The molecule has 0 unspecified atom stereocenters. The molecular weight excluding hydrogens is 354 g/mol. The van der Waals surface area contributed by atoms with Crippen molar-refractivity contribution in [2.45, 2.75) is 36.7 Å². The third-order valence-electron chi connectivity index (χ3n) is 1.44. The summed E-state index contributed by atoms with van der Waals surface area (Å²) in [7, 11) is 0. The Balaban J connectivity index is 0. The van der Waals surface area contributed by atoms with Gasteiger partial charge in [-0.3, -0.25) is 0 Å². The highest BCUT2D eigenvalue weighted by atomic mass is 19.4. The molecule has 1 nitrogen and oxygen atoms in total. The molecule has 0 aromatic rings. The second-order valence-electron chi connectivity index (χ2n) is 3.04. The average molecular weight is 356 g/mol. The molecule has 0 aromatic carbocycles. The van der Waals surface area contributed by atoms with E-state index in [1.807, 2.05) is 0 Å². The summed E-state index contributed by atoms with van der Waals surface area (Å²) in [5.74, 6) is -21.3. The van der Waals surface area contributed by atoms with Crippen LogP contribution in [0.1, 0.15) is 0 Å². The number of alkyl halides is 14. The Morgan fingerprint density at radius 1 is 0.571 bits per heavy atom. The van der Waals surface area contributed by atoms with Crippen LogP contribution in [-0.4, -0.2) is 41.8 Å². The SMILES string of the molecule is FC(F)C(F)(F)C(F)(F)C(F)(F)C(F)(F)F.OC(F)(F)F. The topological polar surface area (TPSA) is 20.2 Å². The van der Waals surface area contributed by atoms with Crippen LogP contribution in [0.4, 0.5) is 61.5 Å². The van der Waals surface area contributed by atoms with Gasteiger partial charge in [-0.25, -0.2) is 8.78 Å². The zero-order valence-corrected chi connectivity index (χ0v) is 8.82. The molecule has 0 atom stereocenters. The molecule has 0 spiro atoms. The largest absolute Gasteiger partial charge is 0.519 e. The first-order valence-corrected chi connectivity index (χ1v) is 3.97. The molecule has 0 bridgehead atoms. The van der Waals surface area contributed by atoms with E-state index in [2.05, 4.69) is 0 Å². The van der Waals surface area contributed by atoms with E-state index in [4.69, 9.17) is 5.11 Å². The molecule has 0 heterocycles. The maximum Gasteiger partial charge on any atom is 0.519 e. The van der Waals surface area contributed by atoms with Gasteiger partial charge in [0, 0.05) is 0 Å². The summed E-state index contributed by atoms with van der Waals surface area (Å²) >= 11 is 0. The van der Waals surface area contributed by atoms with Gasteiger partial charge in [-0.15, -0.1) is 13.2 Å². The fourth-order valence-electron chi connectivity index (χ4n) is 0.524. The van der Waals surface area contributed by atoms with Gasteiger partial charge in [0.25, 0.3) is 0 Å². The van der Waals surface area contributed by atoms with Gasteiger partial charge in [-0.2, -0.15) is 39.5 Å². The van der Waals surface area contributed by atoms with Crippen LogP contribution in [0.2, 0.25) is 0 Å². The Morgan fingerprint density at radius 3 is 0.952 bits per heavy atom. The summed E-state index contributed by atoms with van der Waals surface area (Å²) in [6.07, 6.45) is -17.4. The molecule has 0 aliphatic carbocycles. The number of hydrogen-bond donors (Lipinski definition) is 1. The van der Waals surface area contributed by atoms with E-state index in [0.717, 1.165) is 0 Å². The van der Waals surface area contributed by atoms with E-state index >= 15 is 0 Å². The van der Waals surface area contributed by atoms with Gasteiger partial charge in [0.1, 0.15) is 0 Å². The Kier molecular flexibility index (Phi) is 6.36. The minimum Gasteiger partial charge on any atom is -0.308 e. The maximum absolute atomic E-state index is 12.0. The van der Waals surface area contributed by atoms with Crippen LogP contribution in [0.25, 0.3) is 0 Å². The second-order valence-corrected chi connectivity index (χ2v) is 3.04. The quantitative estimate of drug-likeness (QED) is 0.751. The van der Waals surface area contributed by atoms with Crippen molar-refractivity contribution in [1.82, 2.24) is 0 Å². The maximum atomic E-state index is 12.0. The zero-order chi connectivity index (χ0) is 18.1. The predicted octanol–water partition coefficient (Wildman–Crippen LogP) is 4.22. The minimum absolute atomic E-state index is 5.00. The number of rotatable bonds is 3. The highest BCUT2D eigenvalue weighted by Gasteiger charge is 2.83. The third-order valence-corrected chi connectivity index (χ3v) is 1.44. The molecule has 0 aliphatic rings. The number of aliphatic hydroxyl groups is 1. The van der Waals surface area contributed by atoms with Gasteiger partial charge in [0.2, 0.25) is 0 Å². The molecule has 0 amide bonds. The summed E-state index contributed by atoms with van der Waals surface area (Å²) in [4.78, 5) is 0. The van der Waals surface area contributed by atoms with Crippen molar-refractivity contribution in [1.29, 1.82) is 0 Å². The fraction of sp³-hybridized carbons (Fsp3) is 1.00. The van der Waals surface area contributed by atoms with Crippen LogP contribution < -0.4 is 0 Å². The van der Waals surface area contributed by atoms with E-state index < -0.39 is 36.7 Å². The van der Waals surface area contributed by atoms with E-state index in [0.29, 0.717) is 0 Å². The highest BCUT2D eigenvalue weighted by Crippen LogP contribution is 2.54. The molecule has 0 aromatic heterocycles. The van der Waals surface area contributed by atoms with Crippen molar-refractivity contribution in [2.75, 3.05) is 0 Å². The summed E-state index contributed by atoms with van der Waals surface area (Å²) in [5, 5.41) is 6.52. The Bertz CT molecular complexity index is 317. The molecule has 0 fully saturated rings. The molecular formula is C6H2F14O. The smallest absolute Gasteiger partial charge is 0.308 e. The van der Waals surface area contributed by atoms with Crippen molar-refractivity contribution in [3.8, 4) is 0 Å². The lowest BCUT2D eigenvalue weighted by atomic mass is 10.0. The summed E-state index contributed by atoms with van der Waals surface area (Å²) in [6, 6.07) is 0. The van der Waals surface area contributed by atoms with Gasteiger partial charge in [0.05, 0.1) is 0 Å². The van der Waals surface area contributed by atoms with Crippen LogP contribution in [0.3, 0.4) is 0 Å². The first-order chi connectivity index (χ1) is 8.69. The minimum atomic E-state index is -7.26. The van der Waals surface area contributed by atoms with Crippen LogP contribution in [0.5, 0.6) is 0 Å². The van der Waals surface area contributed by atoms with Crippen molar-refractivity contribution in [2.24, 2.45) is 0 Å². The van der Waals surface area contributed by atoms with Crippen LogP contribution in [-0.2, 0) is 0 Å². The Morgan fingerprint density at radius 2 is 0.810 bits per heavy atom. The summed E-state index contributed by atoms with van der Waals surface area (Å²) in [5.41, 5.74) is 0. The molecule has 0 aliphatic heterocycles. The monoisotopic (exact) mass is 356 g/mol. The van der Waals surface area contributed by atoms with Gasteiger partial charge in [0.15, 0.2) is 0 Å². The Labute approximate surface area is 105 Å². The molecule has 0 saturated heterocycles. The van der Waals surface area contributed by atoms with E-state index in [-0.39, 0.29) is 0 Å². The average Bonchev–Trinajstić information content (AvgIpc) is 2.11. The second kappa shape index (κ2) is 6.00. The molecule has 21 heavy (non-hydrogen) atoms. The standard InChI is InChI=1S/C5HF11.CHF3O/c6-1(7)2(8,9)3(10,11)4(12,13)5(14,15)16;2-1(3,4)5/h1H;5H. The van der Waals surface area contributed by atoms with E-state index in [1.54, 1.807) is 0 Å². The normalized spacial score (nSPS) is 14.9.